The van der Waals surface area contributed by atoms with E-state index in [9.17, 15) is 9.90 Å². The summed E-state index contributed by atoms with van der Waals surface area (Å²) >= 11 is 0. The molecule has 1 amide bonds. The molecular formula is C13H17N5O2. The van der Waals surface area contributed by atoms with Crippen LogP contribution in [-0.4, -0.2) is 43.1 Å². The molecule has 0 bridgehead atoms. The van der Waals surface area contributed by atoms with Crippen LogP contribution < -0.4 is 5.32 Å². The highest BCUT2D eigenvalue weighted by molar-refractivity contribution is 5.78. The first-order valence-corrected chi connectivity index (χ1v) is 6.61. The Bertz CT molecular complexity index is 592. The number of aromatic nitrogens is 4. The Labute approximate surface area is 116 Å². The van der Waals surface area contributed by atoms with Gasteiger partial charge in [0.25, 0.3) is 0 Å². The molecule has 1 fully saturated rings. The fourth-order valence-corrected chi connectivity index (χ4v) is 2.56. The number of H-pyrrole nitrogens is 1. The van der Waals surface area contributed by atoms with E-state index in [0.29, 0.717) is 6.42 Å². The number of aromatic amines is 1. The molecular weight excluding hydrogens is 258 g/mol. The van der Waals surface area contributed by atoms with Crippen molar-refractivity contribution in [3.05, 3.63) is 35.9 Å². The largest absolute Gasteiger partial charge is 0.391 e. The Morgan fingerprint density at radius 2 is 2.50 bits per heavy atom. The van der Waals surface area contributed by atoms with E-state index in [1.807, 2.05) is 13.0 Å². The number of aryl methyl sites for hydroxylation is 1. The Balaban J connectivity index is 1.59. The highest BCUT2D eigenvalue weighted by atomic mass is 16.3. The van der Waals surface area contributed by atoms with Crippen LogP contribution >= 0.6 is 0 Å². The Morgan fingerprint density at radius 3 is 3.10 bits per heavy atom. The molecule has 1 aliphatic rings. The number of amides is 1. The van der Waals surface area contributed by atoms with E-state index in [-0.39, 0.29) is 24.4 Å². The summed E-state index contributed by atoms with van der Waals surface area (Å²) in [6.45, 7) is 1.89. The Hall–Kier alpha value is -2.15. The van der Waals surface area contributed by atoms with Crippen molar-refractivity contribution in [1.29, 1.82) is 0 Å². The Kier molecular flexibility index (Phi) is 3.27. The number of rotatable bonds is 4. The number of nitrogens with one attached hydrogen (secondary N) is 2. The molecule has 1 aliphatic carbocycles. The summed E-state index contributed by atoms with van der Waals surface area (Å²) in [5.41, 5.74) is 1.65. The third-order valence-corrected chi connectivity index (χ3v) is 3.58. The van der Waals surface area contributed by atoms with Crippen LogP contribution in [0.3, 0.4) is 0 Å². The van der Waals surface area contributed by atoms with Gasteiger partial charge in [-0.25, -0.2) is 0 Å². The molecule has 0 spiro atoms. The van der Waals surface area contributed by atoms with Crippen LogP contribution in [0.1, 0.15) is 23.9 Å². The molecule has 106 valence electrons. The third kappa shape index (κ3) is 2.44. The maximum absolute atomic E-state index is 12.0. The summed E-state index contributed by atoms with van der Waals surface area (Å²) in [6.07, 6.45) is 3.78. The molecule has 2 heterocycles. The zero-order valence-electron chi connectivity index (χ0n) is 11.2. The van der Waals surface area contributed by atoms with Crippen LogP contribution in [0, 0.1) is 6.92 Å². The molecule has 2 aromatic rings. The van der Waals surface area contributed by atoms with Gasteiger partial charge in [0.1, 0.15) is 0 Å². The van der Waals surface area contributed by atoms with Crippen LogP contribution in [0.2, 0.25) is 0 Å². The third-order valence-electron chi connectivity index (χ3n) is 3.58. The van der Waals surface area contributed by atoms with E-state index in [1.165, 1.54) is 0 Å². The minimum Gasteiger partial charge on any atom is -0.391 e. The van der Waals surface area contributed by atoms with Crippen molar-refractivity contribution in [1.82, 2.24) is 25.3 Å². The van der Waals surface area contributed by atoms with Gasteiger partial charge in [0.15, 0.2) is 0 Å². The molecule has 1 saturated carbocycles. The highest BCUT2D eigenvalue weighted by Gasteiger charge is 2.42. The zero-order chi connectivity index (χ0) is 14.1. The number of carbonyl (C=O) groups is 1. The number of carbonyl (C=O) groups excluding carboxylic acids is 1. The normalized spacial score (nSPS) is 25.2. The van der Waals surface area contributed by atoms with Gasteiger partial charge >= 0.3 is 0 Å². The summed E-state index contributed by atoms with van der Waals surface area (Å²) in [7, 11) is 0. The van der Waals surface area contributed by atoms with Crippen LogP contribution in [0.15, 0.2) is 24.5 Å². The van der Waals surface area contributed by atoms with Crippen LogP contribution in [0.5, 0.6) is 0 Å². The second kappa shape index (κ2) is 5.09. The van der Waals surface area contributed by atoms with Gasteiger partial charge in [0, 0.05) is 18.1 Å². The van der Waals surface area contributed by atoms with Crippen molar-refractivity contribution in [3.63, 3.8) is 0 Å². The fourth-order valence-electron chi connectivity index (χ4n) is 2.56. The summed E-state index contributed by atoms with van der Waals surface area (Å²) in [4.78, 5) is 12.0. The van der Waals surface area contributed by atoms with Gasteiger partial charge in [0.2, 0.25) is 5.91 Å². The highest BCUT2D eigenvalue weighted by Crippen LogP contribution is 2.32. The predicted molar refractivity (Wildman–Crippen MR) is 70.8 cm³/mol. The molecule has 7 heteroatoms. The summed E-state index contributed by atoms with van der Waals surface area (Å²) in [5.74, 6) is -0.0921. The summed E-state index contributed by atoms with van der Waals surface area (Å²) in [5, 5.41) is 23.7. The standard InChI is InChI=1S/C13H17N5O2/c1-8-5-9(17-16-8)6-12(20)15-10-7-11(19)13(10)18-4-2-3-14-18/h2-5,10-11,13,19H,6-7H2,1H3,(H,15,20)(H,16,17)/t10-,11+,13+/m0/s1. The second-order valence-corrected chi connectivity index (χ2v) is 5.17. The number of hydrogen-bond donors (Lipinski definition) is 3. The van der Waals surface area contributed by atoms with Crippen LogP contribution in [0.4, 0.5) is 0 Å². The van der Waals surface area contributed by atoms with Gasteiger partial charge in [0.05, 0.1) is 30.3 Å². The number of hydrogen-bond acceptors (Lipinski definition) is 4. The number of aliphatic hydroxyl groups excluding tert-OH is 1. The maximum Gasteiger partial charge on any atom is 0.226 e. The van der Waals surface area contributed by atoms with Crippen molar-refractivity contribution < 1.29 is 9.90 Å². The van der Waals surface area contributed by atoms with Gasteiger partial charge in [-0.05, 0) is 25.5 Å². The molecule has 3 N–H and O–H groups in total. The molecule has 3 rings (SSSR count). The van der Waals surface area contributed by atoms with Gasteiger partial charge in [-0.15, -0.1) is 0 Å². The first kappa shape index (κ1) is 12.9. The summed E-state index contributed by atoms with van der Waals surface area (Å²) in [6, 6.07) is 3.38. The van der Waals surface area contributed by atoms with Gasteiger partial charge in [-0.2, -0.15) is 10.2 Å². The van der Waals surface area contributed by atoms with E-state index >= 15 is 0 Å². The molecule has 0 radical (unpaired) electrons. The lowest BCUT2D eigenvalue weighted by molar-refractivity contribution is -0.124. The molecule has 0 aliphatic heterocycles. The summed E-state index contributed by atoms with van der Waals surface area (Å²) < 4.78 is 1.69. The van der Waals surface area contributed by atoms with Crippen molar-refractivity contribution in [3.8, 4) is 0 Å². The van der Waals surface area contributed by atoms with Gasteiger partial charge in [-0.3, -0.25) is 14.6 Å². The topological polar surface area (TPSA) is 95.8 Å². The quantitative estimate of drug-likeness (QED) is 0.729. The lowest BCUT2D eigenvalue weighted by Gasteiger charge is -2.41. The smallest absolute Gasteiger partial charge is 0.226 e. The van der Waals surface area contributed by atoms with E-state index in [4.69, 9.17) is 0 Å². The molecule has 0 saturated heterocycles. The lowest BCUT2D eigenvalue weighted by Crippen LogP contribution is -2.56. The van der Waals surface area contributed by atoms with Crippen molar-refractivity contribution in [2.24, 2.45) is 0 Å². The van der Waals surface area contributed by atoms with Crippen molar-refractivity contribution in [2.75, 3.05) is 0 Å². The average Bonchev–Trinajstić information content (AvgIpc) is 3.01. The predicted octanol–water partition coefficient (Wildman–Crippen LogP) is -0.0522. The SMILES string of the molecule is Cc1cc(CC(=O)N[C@H]2C[C@@H](O)[C@@H]2n2cccn2)n[nH]1. The minimum absolute atomic E-state index is 0.0857. The first-order valence-electron chi connectivity index (χ1n) is 6.61. The van der Waals surface area contributed by atoms with Gasteiger partial charge < -0.3 is 10.4 Å². The zero-order valence-corrected chi connectivity index (χ0v) is 11.2. The van der Waals surface area contributed by atoms with Gasteiger partial charge in [-0.1, -0.05) is 0 Å². The van der Waals surface area contributed by atoms with E-state index in [2.05, 4.69) is 20.6 Å². The fraction of sp³-hybridized carbons (Fsp3) is 0.462. The molecule has 0 unspecified atom stereocenters. The minimum atomic E-state index is -0.465. The van der Waals surface area contributed by atoms with E-state index in [1.54, 1.807) is 23.1 Å². The average molecular weight is 275 g/mol. The number of aliphatic hydroxyl groups is 1. The molecule has 0 aromatic carbocycles. The van der Waals surface area contributed by atoms with E-state index in [0.717, 1.165) is 11.4 Å². The first-order chi connectivity index (χ1) is 9.63. The number of nitrogens with zero attached hydrogens (tertiary/aromatic N) is 3. The molecule has 20 heavy (non-hydrogen) atoms. The lowest BCUT2D eigenvalue weighted by atomic mass is 9.83. The van der Waals surface area contributed by atoms with Crippen molar-refractivity contribution >= 4 is 5.91 Å². The van der Waals surface area contributed by atoms with Crippen LogP contribution in [0.25, 0.3) is 0 Å². The monoisotopic (exact) mass is 275 g/mol. The molecule has 3 atom stereocenters. The van der Waals surface area contributed by atoms with Crippen molar-refractivity contribution in [2.45, 2.75) is 38.0 Å². The molecule has 2 aromatic heterocycles. The maximum atomic E-state index is 12.0. The molecule has 7 nitrogen and oxygen atoms in total. The second-order valence-electron chi connectivity index (χ2n) is 5.17. The Morgan fingerprint density at radius 1 is 1.65 bits per heavy atom. The van der Waals surface area contributed by atoms with Crippen LogP contribution in [-0.2, 0) is 11.2 Å². The van der Waals surface area contributed by atoms with E-state index < -0.39 is 6.10 Å².